The first kappa shape index (κ1) is 14.3. The second-order valence-electron chi connectivity index (χ2n) is 6.53. The maximum Gasteiger partial charge on any atom is 0.0594 e. The Labute approximate surface area is 112 Å². The maximum absolute atomic E-state index is 5.50. The summed E-state index contributed by atoms with van der Waals surface area (Å²) in [4.78, 5) is 2.66. The largest absolute Gasteiger partial charge is 0.379 e. The molecule has 3 nitrogen and oxygen atoms in total. The van der Waals surface area contributed by atoms with Crippen molar-refractivity contribution in [1.82, 2.24) is 10.2 Å². The molecule has 0 spiro atoms. The molecule has 0 aromatic carbocycles. The average molecular weight is 254 g/mol. The van der Waals surface area contributed by atoms with Crippen molar-refractivity contribution in [2.24, 2.45) is 5.41 Å². The summed E-state index contributed by atoms with van der Waals surface area (Å²) in [6.45, 7) is 12.3. The van der Waals surface area contributed by atoms with Gasteiger partial charge in [-0.3, -0.25) is 4.90 Å². The van der Waals surface area contributed by atoms with Gasteiger partial charge in [0.25, 0.3) is 0 Å². The van der Waals surface area contributed by atoms with E-state index in [1.165, 1.54) is 25.7 Å². The third kappa shape index (κ3) is 3.25. The second-order valence-corrected chi connectivity index (χ2v) is 6.53. The maximum atomic E-state index is 5.50. The molecule has 0 aromatic heterocycles. The molecule has 3 heteroatoms. The lowest BCUT2D eigenvalue weighted by atomic mass is 9.70. The SMILES string of the molecule is CCCNC1C(N2CCOCC2)CCCC1(C)C. The fourth-order valence-corrected chi connectivity index (χ4v) is 3.62. The zero-order valence-corrected chi connectivity index (χ0v) is 12.4. The van der Waals surface area contributed by atoms with Crippen LogP contribution >= 0.6 is 0 Å². The van der Waals surface area contributed by atoms with Gasteiger partial charge in [0, 0.05) is 25.2 Å². The Balaban J connectivity index is 2.04. The Morgan fingerprint density at radius 2 is 2.00 bits per heavy atom. The van der Waals surface area contributed by atoms with Gasteiger partial charge in [0.05, 0.1) is 13.2 Å². The van der Waals surface area contributed by atoms with Gasteiger partial charge in [-0.25, -0.2) is 0 Å². The van der Waals surface area contributed by atoms with Crippen molar-refractivity contribution in [2.45, 2.75) is 58.5 Å². The fourth-order valence-electron chi connectivity index (χ4n) is 3.62. The lowest BCUT2D eigenvalue weighted by Crippen LogP contribution is -2.60. The number of hydrogen-bond acceptors (Lipinski definition) is 3. The first-order valence-corrected chi connectivity index (χ1v) is 7.70. The molecule has 1 aliphatic heterocycles. The van der Waals surface area contributed by atoms with Crippen LogP contribution in [0.3, 0.4) is 0 Å². The Hall–Kier alpha value is -0.120. The van der Waals surface area contributed by atoms with E-state index < -0.39 is 0 Å². The minimum Gasteiger partial charge on any atom is -0.379 e. The van der Waals surface area contributed by atoms with E-state index in [1.54, 1.807) is 0 Å². The van der Waals surface area contributed by atoms with Crippen LogP contribution in [0.5, 0.6) is 0 Å². The van der Waals surface area contributed by atoms with E-state index in [0.717, 1.165) is 32.8 Å². The summed E-state index contributed by atoms with van der Waals surface area (Å²) in [6.07, 6.45) is 5.31. The summed E-state index contributed by atoms with van der Waals surface area (Å²) in [5.41, 5.74) is 0.427. The van der Waals surface area contributed by atoms with Gasteiger partial charge in [0.1, 0.15) is 0 Å². The first-order chi connectivity index (χ1) is 8.65. The molecular formula is C15H30N2O. The standard InChI is InChI=1S/C15H30N2O/c1-4-8-16-14-13(6-5-7-15(14,2)3)17-9-11-18-12-10-17/h13-14,16H,4-12H2,1-3H3. The monoisotopic (exact) mass is 254 g/mol. The van der Waals surface area contributed by atoms with E-state index >= 15 is 0 Å². The van der Waals surface area contributed by atoms with Crippen LogP contribution in [0.25, 0.3) is 0 Å². The molecule has 2 unspecified atom stereocenters. The fraction of sp³-hybridized carbons (Fsp3) is 1.00. The van der Waals surface area contributed by atoms with Gasteiger partial charge in [0.15, 0.2) is 0 Å². The van der Waals surface area contributed by atoms with Gasteiger partial charge in [0.2, 0.25) is 0 Å². The van der Waals surface area contributed by atoms with Crippen LogP contribution in [-0.4, -0.2) is 49.8 Å². The summed E-state index contributed by atoms with van der Waals surface area (Å²) < 4.78 is 5.50. The molecule has 0 amide bonds. The lowest BCUT2D eigenvalue weighted by Gasteiger charge is -2.49. The third-order valence-corrected chi connectivity index (χ3v) is 4.68. The van der Waals surface area contributed by atoms with E-state index in [9.17, 15) is 0 Å². The highest BCUT2D eigenvalue weighted by Gasteiger charge is 2.41. The van der Waals surface area contributed by atoms with Crippen LogP contribution in [0, 0.1) is 5.41 Å². The molecule has 2 rings (SSSR count). The Morgan fingerprint density at radius 3 is 2.67 bits per heavy atom. The summed E-state index contributed by atoms with van der Waals surface area (Å²) in [5, 5.41) is 3.83. The minimum atomic E-state index is 0.427. The highest BCUT2D eigenvalue weighted by Crippen LogP contribution is 2.38. The van der Waals surface area contributed by atoms with E-state index in [4.69, 9.17) is 4.74 Å². The second kappa shape index (κ2) is 6.36. The van der Waals surface area contributed by atoms with Crippen LogP contribution in [0.2, 0.25) is 0 Å². The molecular weight excluding hydrogens is 224 g/mol. The molecule has 0 bridgehead atoms. The quantitative estimate of drug-likeness (QED) is 0.833. The number of nitrogens with one attached hydrogen (secondary N) is 1. The predicted molar refractivity (Wildman–Crippen MR) is 75.9 cm³/mol. The zero-order valence-electron chi connectivity index (χ0n) is 12.4. The lowest BCUT2D eigenvalue weighted by molar-refractivity contribution is -0.0220. The van der Waals surface area contributed by atoms with Gasteiger partial charge in [-0.2, -0.15) is 0 Å². The van der Waals surface area contributed by atoms with Crippen LogP contribution in [-0.2, 0) is 4.74 Å². The molecule has 0 radical (unpaired) electrons. The molecule has 1 heterocycles. The van der Waals surface area contributed by atoms with Crippen molar-refractivity contribution < 1.29 is 4.74 Å². The van der Waals surface area contributed by atoms with Gasteiger partial charge in [-0.15, -0.1) is 0 Å². The van der Waals surface area contributed by atoms with E-state index in [-0.39, 0.29) is 0 Å². The number of nitrogens with zero attached hydrogens (tertiary/aromatic N) is 1. The molecule has 2 fully saturated rings. The molecule has 1 N–H and O–H groups in total. The normalized spacial score (nSPS) is 33.5. The zero-order chi connectivity index (χ0) is 13.0. The summed E-state index contributed by atoms with van der Waals surface area (Å²) in [6, 6.07) is 1.36. The van der Waals surface area contributed by atoms with E-state index in [2.05, 4.69) is 31.0 Å². The minimum absolute atomic E-state index is 0.427. The Morgan fingerprint density at radius 1 is 1.28 bits per heavy atom. The van der Waals surface area contributed by atoms with Crippen LogP contribution in [0.1, 0.15) is 46.5 Å². The Kier molecular flexibility index (Phi) is 5.05. The van der Waals surface area contributed by atoms with E-state index in [1.807, 2.05) is 0 Å². The molecule has 2 atom stereocenters. The molecule has 106 valence electrons. The topological polar surface area (TPSA) is 24.5 Å². The van der Waals surface area contributed by atoms with Crippen molar-refractivity contribution in [1.29, 1.82) is 0 Å². The van der Waals surface area contributed by atoms with Gasteiger partial charge < -0.3 is 10.1 Å². The van der Waals surface area contributed by atoms with Crippen molar-refractivity contribution in [3.05, 3.63) is 0 Å². The van der Waals surface area contributed by atoms with Crippen molar-refractivity contribution in [3.63, 3.8) is 0 Å². The first-order valence-electron chi connectivity index (χ1n) is 7.70. The molecule has 0 aromatic rings. The van der Waals surface area contributed by atoms with Crippen LogP contribution < -0.4 is 5.32 Å². The Bertz CT molecular complexity index is 249. The highest BCUT2D eigenvalue weighted by molar-refractivity contribution is 4.98. The molecule has 2 aliphatic rings. The number of rotatable bonds is 4. The van der Waals surface area contributed by atoms with Crippen LogP contribution in [0.15, 0.2) is 0 Å². The average Bonchev–Trinajstić information content (AvgIpc) is 2.37. The van der Waals surface area contributed by atoms with Crippen LogP contribution in [0.4, 0.5) is 0 Å². The highest BCUT2D eigenvalue weighted by atomic mass is 16.5. The molecule has 1 saturated carbocycles. The van der Waals surface area contributed by atoms with Crippen molar-refractivity contribution in [3.8, 4) is 0 Å². The summed E-state index contributed by atoms with van der Waals surface area (Å²) in [7, 11) is 0. The number of ether oxygens (including phenoxy) is 1. The van der Waals surface area contributed by atoms with Gasteiger partial charge >= 0.3 is 0 Å². The van der Waals surface area contributed by atoms with Crippen molar-refractivity contribution in [2.75, 3.05) is 32.8 Å². The smallest absolute Gasteiger partial charge is 0.0594 e. The summed E-state index contributed by atoms with van der Waals surface area (Å²) >= 11 is 0. The summed E-state index contributed by atoms with van der Waals surface area (Å²) in [5.74, 6) is 0. The van der Waals surface area contributed by atoms with Gasteiger partial charge in [-0.1, -0.05) is 27.2 Å². The number of hydrogen-bond donors (Lipinski definition) is 1. The number of morpholine rings is 1. The predicted octanol–water partition coefficient (Wildman–Crippen LogP) is 2.27. The van der Waals surface area contributed by atoms with Gasteiger partial charge in [-0.05, 0) is 31.2 Å². The third-order valence-electron chi connectivity index (χ3n) is 4.68. The molecule has 18 heavy (non-hydrogen) atoms. The van der Waals surface area contributed by atoms with Crippen molar-refractivity contribution >= 4 is 0 Å². The molecule has 1 saturated heterocycles. The van der Waals surface area contributed by atoms with E-state index in [0.29, 0.717) is 17.5 Å². The molecule has 1 aliphatic carbocycles.